The van der Waals surface area contributed by atoms with Crippen molar-refractivity contribution in [2.75, 3.05) is 26.3 Å². The Hall–Kier alpha value is -2.96. The first-order valence-corrected chi connectivity index (χ1v) is 10.9. The highest BCUT2D eigenvalue weighted by Crippen LogP contribution is 2.30. The molecule has 31 heavy (non-hydrogen) atoms. The number of hydrogen-bond acceptors (Lipinski definition) is 4. The number of aryl methyl sites for hydroxylation is 1. The number of carbonyl (C=O) groups excluding carboxylic acids is 1. The number of para-hydroxylation sites is 1. The Morgan fingerprint density at radius 3 is 2.35 bits per heavy atom. The van der Waals surface area contributed by atoms with Gasteiger partial charge < -0.3 is 14.4 Å². The number of likely N-dealkylation sites (tertiary alicyclic amines) is 1. The van der Waals surface area contributed by atoms with Crippen molar-refractivity contribution < 1.29 is 14.3 Å². The maximum atomic E-state index is 13.6. The average molecular weight is 418 g/mol. The van der Waals surface area contributed by atoms with Crippen LogP contribution in [-0.4, -0.2) is 53.2 Å². The minimum atomic E-state index is -0.111. The van der Waals surface area contributed by atoms with Gasteiger partial charge in [-0.15, -0.1) is 0 Å². The predicted molar refractivity (Wildman–Crippen MR) is 118 cm³/mol. The second-order valence-electron chi connectivity index (χ2n) is 8.23. The van der Waals surface area contributed by atoms with Gasteiger partial charge in [-0.05, 0) is 37.5 Å². The first-order valence-electron chi connectivity index (χ1n) is 10.9. The van der Waals surface area contributed by atoms with Crippen LogP contribution in [0.2, 0.25) is 0 Å². The molecule has 6 heteroatoms. The molecule has 0 radical (unpaired) electrons. The third-order valence-corrected chi connectivity index (χ3v) is 6.22. The van der Waals surface area contributed by atoms with Gasteiger partial charge in [0.25, 0.3) is 5.91 Å². The summed E-state index contributed by atoms with van der Waals surface area (Å²) in [7, 11) is 0. The minimum Gasteiger partial charge on any atom is -0.350 e. The van der Waals surface area contributed by atoms with Gasteiger partial charge in [0.1, 0.15) is 5.69 Å². The molecule has 2 aliphatic heterocycles. The van der Waals surface area contributed by atoms with Crippen LogP contribution in [0.15, 0.2) is 60.8 Å². The molecule has 0 N–H and O–H groups in total. The van der Waals surface area contributed by atoms with E-state index in [1.165, 1.54) is 0 Å². The summed E-state index contributed by atoms with van der Waals surface area (Å²) in [5, 5.41) is 4.83. The summed E-state index contributed by atoms with van der Waals surface area (Å²) in [5.41, 5.74) is 4.40. The van der Waals surface area contributed by atoms with Crippen molar-refractivity contribution in [2.24, 2.45) is 5.92 Å². The van der Waals surface area contributed by atoms with E-state index in [1.807, 2.05) is 64.3 Å². The summed E-state index contributed by atoms with van der Waals surface area (Å²) in [4.78, 5) is 15.5. The number of amides is 1. The third-order valence-electron chi connectivity index (χ3n) is 6.22. The van der Waals surface area contributed by atoms with Crippen LogP contribution in [0.5, 0.6) is 0 Å². The Morgan fingerprint density at radius 1 is 0.968 bits per heavy atom. The molecule has 0 saturated carbocycles. The lowest BCUT2D eigenvalue weighted by Crippen LogP contribution is -2.41. The molecule has 0 unspecified atom stereocenters. The van der Waals surface area contributed by atoms with Crippen molar-refractivity contribution in [3.05, 3.63) is 71.9 Å². The highest BCUT2D eigenvalue weighted by Gasteiger charge is 2.33. The monoisotopic (exact) mass is 417 g/mol. The lowest BCUT2D eigenvalue weighted by atomic mass is 9.95. The van der Waals surface area contributed by atoms with Crippen molar-refractivity contribution in [1.29, 1.82) is 0 Å². The van der Waals surface area contributed by atoms with Crippen LogP contribution in [-0.2, 0) is 9.47 Å². The zero-order valence-corrected chi connectivity index (χ0v) is 17.7. The number of hydrogen-bond donors (Lipinski definition) is 0. The fourth-order valence-electron chi connectivity index (χ4n) is 4.47. The van der Waals surface area contributed by atoms with Crippen LogP contribution in [0, 0.1) is 12.8 Å². The number of nitrogens with zero attached hydrogens (tertiary/aromatic N) is 3. The molecule has 6 nitrogen and oxygen atoms in total. The van der Waals surface area contributed by atoms with E-state index in [4.69, 9.17) is 14.6 Å². The zero-order valence-electron chi connectivity index (χ0n) is 17.7. The fraction of sp³-hybridized carbons (Fsp3) is 0.360. The number of rotatable bonds is 4. The Bertz CT molecular complexity index is 1050. The number of aromatic nitrogens is 2. The SMILES string of the molecule is Cc1ccccc1-c1nn(-c2ccccc2)cc1C(=O)N1CCC(C2OCCO2)CC1. The van der Waals surface area contributed by atoms with Gasteiger partial charge in [0.15, 0.2) is 6.29 Å². The lowest BCUT2D eigenvalue weighted by Gasteiger charge is -2.33. The molecule has 0 aliphatic carbocycles. The quantitative estimate of drug-likeness (QED) is 0.642. The summed E-state index contributed by atoms with van der Waals surface area (Å²) < 4.78 is 13.2. The van der Waals surface area contributed by atoms with E-state index in [0.717, 1.165) is 35.3 Å². The van der Waals surface area contributed by atoms with Crippen molar-refractivity contribution in [2.45, 2.75) is 26.1 Å². The van der Waals surface area contributed by atoms with Crippen LogP contribution in [0.25, 0.3) is 16.9 Å². The minimum absolute atomic E-state index is 0.0344. The molecule has 160 valence electrons. The van der Waals surface area contributed by atoms with Crippen molar-refractivity contribution >= 4 is 5.91 Å². The maximum absolute atomic E-state index is 13.6. The molecule has 0 atom stereocenters. The molecule has 0 bridgehead atoms. The van der Waals surface area contributed by atoms with Crippen LogP contribution >= 0.6 is 0 Å². The Labute approximate surface area is 182 Å². The van der Waals surface area contributed by atoms with Crippen molar-refractivity contribution in [3.8, 4) is 16.9 Å². The summed E-state index contributed by atoms with van der Waals surface area (Å²) in [5.74, 6) is 0.390. The first kappa shape index (κ1) is 20.0. The highest BCUT2D eigenvalue weighted by molar-refractivity contribution is 6.00. The second kappa shape index (κ2) is 8.65. The predicted octanol–water partition coefficient (Wildman–Crippen LogP) is 4.07. The molecular formula is C25H27N3O3. The van der Waals surface area contributed by atoms with Crippen molar-refractivity contribution in [1.82, 2.24) is 14.7 Å². The molecule has 3 heterocycles. The summed E-state index contributed by atoms with van der Waals surface area (Å²) >= 11 is 0. The van der Waals surface area contributed by atoms with Gasteiger partial charge >= 0.3 is 0 Å². The molecule has 1 amide bonds. The summed E-state index contributed by atoms with van der Waals surface area (Å²) in [6, 6.07) is 18.0. The molecule has 3 aromatic rings. The number of ether oxygens (including phenoxy) is 2. The van der Waals surface area contributed by atoms with Crippen LogP contribution in [0.1, 0.15) is 28.8 Å². The fourth-order valence-corrected chi connectivity index (χ4v) is 4.47. The van der Waals surface area contributed by atoms with E-state index >= 15 is 0 Å². The smallest absolute Gasteiger partial charge is 0.257 e. The van der Waals surface area contributed by atoms with Gasteiger partial charge in [0.05, 0.1) is 24.5 Å². The molecule has 5 rings (SSSR count). The highest BCUT2D eigenvalue weighted by atomic mass is 16.7. The van der Waals surface area contributed by atoms with Gasteiger partial charge in [-0.25, -0.2) is 4.68 Å². The maximum Gasteiger partial charge on any atom is 0.257 e. The average Bonchev–Trinajstić information content (AvgIpc) is 3.50. The van der Waals surface area contributed by atoms with E-state index in [2.05, 4.69) is 13.0 Å². The molecule has 2 aromatic carbocycles. The topological polar surface area (TPSA) is 56.6 Å². The molecule has 1 aromatic heterocycles. The van der Waals surface area contributed by atoms with Gasteiger partial charge in [0, 0.05) is 30.8 Å². The second-order valence-corrected chi connectivity index (χ2v) is 8.23. The normalized spacial score (nSPS) is 17.9. The number of benzene rings is 2. The molecule has 2 aliphatic rings. The van der Waals surface area contributed by atoms with E-state index in [9.17, 15) is 4.79 Å². The van der Waals surface area contributed by atoms with E-state index in [-0.39, 0.29) is 12.2 Å². The Morgan fingerprint density at radius 2 is 1.65 bits per heavy atom. The standard InChI is InChI=1S/C25H27N3O3/c1-18-7-5-6-10-21(18)23-22(17-28(26-23)20-8-3-2-4-9-20)24(29)27-13-11-19(12-14-27)25-30-15-16-31-25/h2-10,17,19,25H,11-16H2,1H3. The molecular weight excluding hydrogens is 390 g/mol. The first-order chi connectivity index (χ1) is 15.2. The van der Waals surface area contributed by atoms with E-state index in [1.54, 1.807) is 0 Å². The zero-order chi connectivity index (χ0) is 21.2. The summed E-state index contributed by atoms with van der Waals surface area (Å²) in [6.07, 6.45) is 3.54. The summed E-state index contributed by atoms with van der Waals surface area (Å²) in [6.45, 7) is 4.80. The van der Waals surface area contributed by atoms with Crippen LogP contribution in [0.4, 0.5) is 0 Å². The van der Waals surface area contributed by atoms with Crippen LogP contribution < -0.4 is 0 Å². The largest absolute Gasteiger partial charge is 0.350 e. The number of carbonyl (C=O) groups is 1. The van der Waals surface area contributed by atoms with Gasteiger partial charge in [-0.3, -0.25) is 4.79 Å². The van der Waals surface area contributed by atoms with Gasteiger partial charge in [0.2, 0.25) is 0 Å². The van der Waals surface area contributed by atoms with Crippen molar-refractivity contribution in [3.63, 3.8) is 0 Å². The molecule has 0 spiro atoms. The molecule has 2 saturated heterocycles. The van der Waals surface area contributed by atoms with E-state index in [0.29, 0.717) is 37.8 Å². The lowest BCUT2D eigenvalue weighted by molar-refractivity contribution is -0.0956. The Kier molecular flexibility index (Phi) is 5.57. The Balaban J connectivity index is 1.44. The van der Waals surface area contributed by atoms with Gasteiger partial charge in [-0.2, -0.15) is 5.10 Å². The van der Waals surface area contributed by atoms with Gasteiger partial charge in [-0.1, -0.05) is 42.5 Å². The van der Waals surface area contributed by atoms with E-state index < -0.39 is 0 Å². The molecule has 2 fully saturated rings. The third kappa shape index (κ3) is 4.01. The number of piperidine rings is 1. The van der Waals surface area contributed by atoms with Crippen LogP contribution in [0.3, 0.4) is 0 Å².